The molecule has 2 rings (SSSR count). The van der Waals surface area contributed by atoms with Crippen molar-refractivity contribution < 1.29 is 14.0 Å². The van der Waals surface area contributed by atoms with Gasteiger partial charge in [-0.3, -0.25) is 9.59 Å². The van der Waals surface area contributed by atoms with Gasteiger partial charge in [0.25, 0.3) is 0 Å². The van der Waals surface area contributed by atoms with Crippen molar-refractivity contribution in [2.45, 2.75) is 13.8 Å². The number of hydrogen-bond acceptors (Lipinski definition) is 3. The molecule has 0 aliphatic heterocycles. The van der Waals surface area contributed by atoms with E-state index in [1.54, 1.807) is 18.2 Å². The van der Waals surface area contributed by atoms with Gasteiger partial charge >= 0.3 is 11.8 Å². The number of carbonyl (C=O) groups is 2. The van der Waals surface area contributed by atoms with E-state index in [2.05, 4.69) is 15.8 Å². The van der Waals surface area contributed by atoms with E-state index in [1.807, 2.05) is 26.0 Å². The average molecular weight is 313 g/mol. The van der Waals surface area contributed by atoms with E-state index in [4.69, 9.17) is 0 Å². The number of rotatable bonds is 3. The Balaban J connectivity index is 1.97. The first kappa shape index (κ1) is 16.4. The number of halogens is 1. The first-order valence-electron chi connectivity index (χ1n) is 6.93. The molecule has 2 amide bonds. The Morgan fingerprint density at radius 1 is 1.09 bits per heavy atom. The molecule has 0 saturated carbocycles. The van der Waals surface area contributed by atoms with Crippen LogP contribution in [0.15, 0.2) is 47.6 Å². The van der Waals surface area contributed by atoms with Gasteiger partial charge in [0.05, 0.1) is 6.21 Å². The third-order valence-corrected chi connectivity index (χ3v) is 3.12. The van der Waals surface area contributed by atoms with Gasteiger partial charge in [-0.2, -0.15) is 5.10 Å². The van der Waals surface area contributed by atoms with Crippen LogP contribution in [-0.4, -0.2) is 18.0 Å². The molecule has 0 radical (unpaired) electrons. The number of nitrogens with one attached hydrogen (secondary N) is 2. The minimum Gasteiger partial charge on any atom is -0.317 e. The summed E-state index contributed by atoms with van der Waals surface area (Å²) >= 11 is 0. The van der Waals surface area contributed by atoms with E-state index >= 15 is 0 Å². The molecule has 0 fully saturated rings. The second-order valence-electron chi connectivity index (χ2n) is 4.99. The predicted octanol–water partition coefficient (Wildman–Crippen LogP) is 2.53. The number of aryl methyl sites for hydroxylation is 2. The molecule has 0 aliphatic rings. The summed E-state index contributed by atoms with van der Waals surface area (Å²) in [5.74, 6) is -2.24. The van der Waals surface area contributed by atoms with Crippen LogP contribution in [0.1, 0.15) is 16.7 Å². The van der Waals surface area contributed by atoms with Gasteiger partial charge in [0.2, 0.25) is 0 Å². The zero-order chi connectivity index (χ0) is 16.8. The standard InChI is InChI=1S/C17H16FN3O2/c1-11-7-8-12(2)15(9-11)20-16(22)17(23)21-19-10-13-5-3-4-6-14(13)18/h3-10H,1-2H3,(H,20,22)(H,21,23). The average Bonchev–Trinajstić information content (AvgIpc) is 2.52. The molecule has 118 valence electrons. The van der Waals surface area contributed by atoms with Gasteiger partial charge in [-0.15, -0.1) is 0 Å². The number of anilines is 1. The minimum absolute atomic E-state index is 0.211. The largest absolute Gasteiger partial charge is 0.329 e. The van der Waals surface area contributed by atoms with Crippen molar-refractivity contribution in [1.29, 1.82) is 0 Å². The third-order valence-electron chi connectivity index (χ3n) is 3.12. The van der Waals surface area contributed by atoms with Crippen LogP contribution in [0.25, 0.3) is 0 Å². The van der Waals surface area contributed by atoms with E-state index in [0.29, 0.717) is 5.69 Å². The fourth-order valence-electron chi connectivity index (χ4n) is 1.84. The van der Waals surface area contributed by atoms with Gasteiger partial charge in [-0.25, -0.2) is 9.82 Å². The lowest BCUT2D eigenvalue weighted by atomic mass is 10.1. The van der Waals surface area contributed by atoms with Crippen LogP contribution in [0.4, 0.5) is 10.1 Å². The van der Waals surface area contributed by atoms with Crippen LogP contribution in [0.2, 0.25) is 0 Å². The molecule has 0 spiro atoms. The second-order valence-corrected chi connectivity index (χ2v) is 4.99. The van der Waals surface area contributed by atoms with Gasteiger partial charge in [-0.05, 0) is 37.1 Å². The topological polar surface area (TPSA) is 70.6 Å². The fourth-order valence-corrected chi connectivity index (χ4v) is 1.84. The highest BCUT2D eigenvalue weighted by Gasteiger charge is 2.14. The van der Waals surface area contributed by atoms with Crippen molar-refractivity contribution in [3.63, 3.8) is 0 Å². The van der Waals surface area contributed by atoms with Gasteiger partial charge in [-0.1, -0.05) is 30.3 Å². The quantitative estimate of drug-likeness (QED) is 0.519. The number of carbonyl (C=O) groups excluding carboxylic acids is 2. The highest BCUT2D eigenvalue weighted by molar-refractivity contribution is 6.39. The first-order valence-corrected chi connectivity index (χ1v) is 6.93. The molecule has 0 atom stereocenters. The van der Waals surface area contributed by atoms with Gasteiger partial charge < -0.3 is 5.32 Å². The molecule has 0 bridgehead atoms. The van der Waals surface area contributed by atoms with E-state index in [0.717, 1.165) is 17.3 Å². The lowest BCUT2D eigenvalue weighted by Crippen LogP contribution is -2.32. The van der Waals surface area contributed by atoms with E-state index in [-0.39, 0.29) is 5.56 Å². The van der Waals surface area contributed by atoms with E-state index < -0.39 is 17.6 Å². The maximum absolute atomic E-state index is 13.4. The lowest BCUT2D eigenvalue weighted by molar-refractivity contribution is -0.136. The normalized spacial score (nSPS) is 10.6. The molecule has 2 aromatic rings. The Morgan fingerprint density at radius 2 is 1.83 bits per heavy atom. The van der Waals surface area contributed by atoms with Crippen molar-refractivity contribution in [2.75, 3.05) is 5.32 Å². The maximum Gasteiger partial charge on any atom is 0.329 e. The number of hydrogen-bond donors (Lipinski definition) is 2. The summed E-state index contributed by atoms with van der Waals surface area (Å²) in [4.78, 5) is 23.5. The van der Waals surface area contributed by atoms with Gasteiger partial charge in [0.15, 0.2) is 0 Å². The van der Waals surface area contributed by atoms with E-state index in [9.17, 15) is 14.0 Å². The monoisotopic (exact) mass is 313 g/mol. The number of hydrazone groups is 1. The summed E-state index contributed by atoms with van der Waals surface area (Å²) in [7, 11) is 0. The number of amides is 2. The van der Waals surface area contributed by atoms with Gasteiger partial charge in [0.1, 0.15) is 5.82 Å². The third kappa shape index (κ3) is 4.47. The number of nitrogens with zero attached hydrogens (tertiary/aromatic N) is 1. The summed E-state index contributed by atoms with van der Waals surface area (Å²) in [6.07, 6.45) is 1.14. The van der Waals surface area contributed by atoms with Crippen molar-refractivity contribution in [1.82, 2.24) is 5.43 Å². The zero-order valence-corrected chi connectivity index (χ0v) is 12.8. The molecule has 6 heteroatoms. The SMILES string of the molecule is Cc1ccc(C)c(NC(=O)C(=O)NN=Cc2ccccc2F)c1. The minimum atomic E-state index is -0.932. The Labute approximate surface area is 133 Å². The first-order chi connectivity index (χ1) is 11.0. The van der Waals surface area contributed by atoms with Crippen molar-refractivity contribution >= 4 is 23.7 Å². The molecule has 0 heterocycles. The van der Waals surface area contributed by atoms with Crippen LogP contribution >= 0.6 is 0 Å². The van der Waals surface area contributed by atoms with Gasteiger partial charge in [0, 0.05) is 11.3 Å². The Hall–Kier alpha value is -3.02. The second kappa shape index (κ2) is 7.31. The van der Waals surface area contributed by atoms with E-state index in [1.165, 1.54) is 12.1 Å². The van der Waals surface area contributed by atoms with Crippen LogP contribution < -0.4 is 10.7 Å². The molecular formula is C17H16FN3O2. The molecule has 0 unspecified atom stereocenters. The molecular weight excluding hydrogens is 297 g/mol. The van der Waals surface area contributed by atoms with Crippen molar-refractivity contribution in [2.24, 2.45) is 5.10 Å². The van der Waals surface area contributed by atoms with Crippen LogP contribution in [0, 0.1) is 19.7 Å². The lowest BCUT2D eigenvalue weighted by Gasteiger charge is -2.08. The summed E-state index contributed by atoms with van der Waals surface area (Å²) < 4.78 is 13.4. The molecule has 2 N–H and O–H groups in total. The molecule has 5 nitrogen and oxygen atoms in total. The molecule has 0 saturated heterocycles. The van der Waals surface area contributed by atoms with Crippen molar-refractivity contribution in [3.8, 4) is 0 Å². The van der Waals surface area contributed by atoms with Crippen LogP contribution in [0.3, 0.4) is 0 Å². The maximum atomic E-state index is 13.4. The predicted molar refractivity (Wildman–Crippen MR) is 86.7 cm³/mol. The Bertz CT molecular complexity index is 772. The van der Waals surface area contributed by atoms with Crippen LogP contribution in [0.5, 0.6) is 0 Å². The highest BCUT2D eigenvalue weighted by Crippen LogP contribution is 2.16. The zero-order valence-electron chi connectivity index (χ0n) is 12.8. The molecule has 0 aliphatic carbocycles. The highest BCUT2D eigenvalue weighted by atomic mass is 19.1. The molecule has 23 heavy (non-hydrogen) atoms. The van der Waals surface area contributed by atoms with Crippen LogP contribution in [-0.2, 0) is 9.59 Å². The summed E-state index contributed by atoms with van der Waals surface area (Å²) in [6, 6.07) is 11.5. The summed E-state index contributed by atoms with van der Waals surface area (Å²) in [5, 5.41) is 6.09. The summed E-state index contributed by atoms with van der Waals surface area (Å²) in [6.45, 7) is 3.71. The Kier molecular flexibility index (Phi) is 5.19. The molecule has 2 aromatic carbocycles. The Morgan fingerprint density at radius 3 is 2.57 bits per heavy atom. The fraction of sp³-hybridized carbons (Fsp3) is 0.118. The molecule has 0 aromatic heterocycles. The smallest absolute Gasteiger partial charge is 0.317 e. The number of benzene rings is 2. The summed E-state index contributed by atoms with van der Waals surface area (Å²) in [5.41, 5.74) is 4.64. The van der Waals surface area contributed by atoms with Crippen molar-refractivity contribution in [3.05, 3.63) is 65.0 Å².